The maximum Gasteiger partial charge on any atom is 0.264 e. The molecule has 0 heterocycles. The summed E-state index contributed by atoms with van der Waals surface area (Å²) in [6.07, 6.45) is 1.05. The number of nitrogens with one attached hydrogen (secondary N) is 1. The highest BCUT2D eigenvalue weighted by atomic mass is 32.2. The third-order valence-electron chi connectivity index (χ3n) is 7.16. The molecule has 0 unspecified atom stereocenters. The molecule has 0 saturated carbocycles. The Morgan fingerprint density at radius 2 is 1.49 bits per heavy atom. The Labute approximate surface area is 254 Å². The van der Waals surface area contributed by atoms with Crippen LogP contribution < -0.4 is 23.8 Å². The fourth-order valence-electron chi connectivity index (χ4n) is 4.52. The van der Waals surface area contributed by atoms with E-state index in [2.05, 4.69) is 5.32 Å². The summed E-state index contributed by atoms with van der Waals surface area (Å²) < 4.78 is 45.1. The van der Waals surface area contributed by atoms with Crippen LogP contribution in [0.25, 0.3) is 0 Å². The van der Waals surface area contributed by atoms with Crippen LogP contribution in [0.1, 0.15) is 39.2 Å². The van der Waals surface area contributed by atoms with Gasteiger partial charge in [0.1, 0.15) is 18.3 Å². The standard InChI is InChI=1S/C32H41N3O7S/c1-7-23(3)33-32(37)28(8-2)34(21-24-14-16-26(40-4)17-15-24)31(36)22-35(25-12-10-9-11-13-25)43(38,39)27-18-19-29(41-5)30(20-27)42-6/h9-20,23,28H,7-8,21-22H2,1-6H3,(H,33,37)/t23-,28-/m0/s1. The van der Waals surface area contributed by atoms with Gasteiger partial charge in [-0.25, -0.2) is 8.42 Å². The molecule has 1 N–H and O–H groups in total. The SMILES string of the molecule is CC[C@H](C)NC(=O)[C@H](CC)N(Cc1ccc(OC)cc1)C(=O)CN(c1ccccc1)S(=O)(=O)c1ccc(OC)c(OC)c1. The van der Waals surface area contributed by atoms with Gasteiger partial charge in [-0.3, -0.25) is 13.9 Å². The number of hydrogen-bond donors (Lipinski definition) is 1. The minimum absolute atomic E-state index is 0.0786. The van der Waals surface area contributed by atoms with Gasteiger partial charge in [-0.2, -0.15) is 0 Å². The molecule has 0 aliphatic heterocycles. The molecule has 10 nitrogen and oxygen atoms in total. The summed E-state index contributed by atoms with van der Waals surface area (Å²) in [6.45, 7) is 5.23. The number of methoxy groups -OCH3 is 3. The number of carbonyl (C=O) groups is 2. The Morgan fingerprint density at radius 3 is 2.05 bits per heavy atom. The second-order valence-electron chi connectivity index (χ2n) is 9.98. The lowest BCUT2D eigenvalue weighted by atomic mass is 10.1. The summed E-state index contributed by atoms with van der Waals surface area (Å²) >= 11 is 0. The van der Waals surface area contributed by atoms with Gasteiger partial charge >= 0.3 is 0 Å². The molecule has 0 aromatic heterocycles. The van der Waals surface area contributed by atoms with Crippen LogP contribution in [0.15, 0.2) is 77.7 Å². The minimum atomic E-state index is -4.26. The van der Waals surface area contributed by atoms with E-state index in [4.69, 9.17) is 14.2 Å². The van der Waals surface area contributed by atoms with Crippen molar-refractivity contribution in [3.05, 3.63) is 78.4 Å². The molecule has 0 aliphatic rings. The van der Waals surface area contributed by atoms with E-state index < -0.39 is 28.5 Å². The van der Waals surface area contributed by atoms with Crippen LogP contribution >= 0.6 is 0 Å². The number of hydrogen-bond acceptors (Lipinski definition) is 7. The van der Waals surface area contributed by atoms with Gasteiger partial charge in [0.2, 0.25) is 11.8 Å². The van der Waals surface area contributed by atoms with E-state index in [1.807, 2.05) is 32.9 Å². The van der Waals surface area contributed by atoms with Gasteiger partial charge in [-0.15, -0.1) is 0 Å². The molecule has 0 saturated heterocycles. The van der Waals surface area contributed by atoms with E-state index in [1.54, 1.807) is 49.6 Å². The summed E-state index contributed by atoms with van der Waals surface area (Å²) in [5, 5.41) is 2.97. The normalized spacial score (nSPS) is 12.5. The van der Waals surface area contributed by atoms with Crippen LogP contribution in [0.2, 0.25) is 0 Å². The molecule has 2 atom stereocenters. The summed E-state index contributed by atoms with van der Waals surface area (Å²) in [6, 6.07) is 18.9. The van der Waals surface area contributed by atoms with Gasteiger partial charge in [0.05, 0.1) is 31.9 Å². The van der Waals surface area contributed by atoms with Gasteiger partial charge in [0, 0.05) is 18.7 Å². The maximum absolute atomic E-state index is 14.2. The predicted molar refractivity (Wildman–Crippen MR) is 166 cm³/mol. The monoisotopic (exact) mass is 611 g/mol. The predicted octanol–water partition coefficient (Wildman–Crippen LogP) is 4.63. The van der Waals surface area contributed by atoms with Crippen molar-refractivity contribution < 1.29 is 32.2 Å². The van der Waals surface area contributed by atoms with Gasteiger partial charge in [0.15, 0.2) is 11.5 Å². The van der Waals surface area contributed by atoms with Crippen molar-refractivity contribution >= 4 is 27.5 Å². The molecule has 0 aliphatic carbocycles. The molecular weight excluding hydrogens is 570 g/mol. The summed E-state index contributed by atoms with van der Waals surface area (Å²) in [7, 11) is 0.173. The first kappa shape index (κ1) is 33.3. The number of amides is 2. The molecular formula is C32H41N3O7S. The first-order valence-corrected chi connectivity index (χ1v) is 15.6. The summed E-state index contributed by atoms with van der Waals surface area (Å²) in [4.78, 5) is 29.0. The summed E-state index contributed by atoms with van der Waals surface area (Å²) in [5.41, 5.74) is 1.06. The van der Waals surface area contributed by atoms with Crippen LogP contribution in [0.4, 0.5) is 5.69 Å². The van der Waals surface area contributed by atoms with Crippen LogP contribution in [0.5, 0.6) is 17.2 Å². The number of ether oxygens (including phenoxy) is 3. The van der Waals surface area contributed by atoms with Crippen molar-refractivity contribution in [1.29, 1.82) is 0 Å². The van der Waals surface area contributed by atoms with E-state index in [1.165, 1.54) is 37.3 Å². The lowest BCUT2D eigenvalue weighted by Crippen LogP contribution is -2.53. The molecule has 11 heteroatoms. The van der Waals surface area contributed by atoms with Crippen LogP contribution in [0.3, 0.4) is 0 Å². The topological polar surface area (TPSA) is 114 Å². The highest BCUT2D eigenvalue weighted by Gasteiger charge is 2.34. The quantitative estimate of drug-likeness (QED) is 0.267. The first-order valence-electron chi connectivity index (χ1n) is 14.1. The van der Waals surface area contributed by atoms with E-state index >= 15 is 0 Å². The number of para-hydroxylation sites is 1. The Bertz CT molecular complexity index is 1460. The summed E-state index contributed by atoms with van der Waals surface area (Å²) in [5.74, 6) is 0.423. The number of carbonyl (C=O) groups excluding carboxylic acids is 2. The molecule has 0 fully saturated rings. The fourth-order valence-corrected chi connectivity index (χ4v) is 5.95. The highest BCUT2D eigenvalue weighted by molar-refractivity contribution is 7.92. The van der Waals surface area contributed by atoms with Crippen molar-refractivity contribution in [2.45, 2.75) is 57.1 Å². The van der Waals surface area contributed by atoms with Crippen molar-refractivity contribution in [1.82, 2.24) is 10.2 Å². The number of rotatable bonds is 15. The van der Waals surface area contributed by atoms with Crippen molar-refractivity contribution in [2.24, 2.45) is 0 Å². The zero-order valence-electron chi connectivity index (χ0n) is 25.6. The molecule has 232 valence electrons. The van der Waals surface area contributed by atoms with Crippen molar-refractivity contribution in [3.8, 4) is 17.2 Å². The Morgan fingerprint density at radius 1 is 0.837 bits per heavy atom. The molecule has 0 spiro atoms. The second-order valence-corrected chi connectivity index (χ2v) is 11.8. The third-order valence-corrected chi connectivity index (χ3v) is 8.93. The Kier molecular flexibility index (Phi) is 11.8. The van der Waals surface area contributed by atoms with Crippen LogP contribution in [-0.2, 0) is 26.2 Å². The fraction of sp³-hybridized carbons (Fsp3) is 0.375. The van der Waals surface area contributed by atoms with E-state index in [-0.39, 0.29) is 29.1 Å². The molecule has 3 aromatic rings. The van der Waals surface area contributed by atoms with Gasteiger partial charge in [-0.05, 0) is 61.7 Å². The van der Waals surface area contributed by atoms with Crippen molar-refractivity contribution in [2.75, 3.05) is 32.2 Å². The van der Waals surface area contributed by atoms with Gasteiger partial charge in [0.25, 0.3) is 10.0 Å². The largest absolute Gasteiger partial charge is 0.497 e. The highest BCUT2D eigenvalue weighted by Crippen LogP contribution is 2.32. The second kappa shape index (κ2) is 15.3. The molecule has 0 radical (unpaired) electrons. The lowest BCUT2D eigenvalue weighted by molar-refractivity contribution is -0.140. The maximum atomic E-state index is 14.2. The molecule has 2 amide bonds. The molecule has 43 heavy (non-hydrogen) atoms. The number of sulfonamides is 1. The molecule has 3 aromatic carbocycles. The van der Waals surface area contributed by atoms with Crippen LogP contribution in [0, 0.1) is 0 Å². The van der Waals surface area contributed by atoms with Crippen molar-refractivity contribution in [3.63, 3.8) is 0 Å². The Balaban J connectivity index is 2.07. The zero-order valence-corrected chi connectivity index (χ0v) is 26.4. The zero-order chi connectivity index (χ0) is 31.6. The smallest absolute Gasteiger partial charge is 0.264 e. The minimum Gasteiger partial charge on any atom is -0.497 e. The van der Waals surface area contributed by atoms with Gasteiger partial charge in [-0.1, -0.05) is 44.2 Å². The van der Waals surface area contributed by atoms with E-state index in [0.717, 1.165) is 16.3 Å². The molecule has 3 rings (SSSR count). The first-order chi connectivity index (χ1) is 20.6. The van der Waals surface area contributed by atoms with Gasteiger partial charge < -0.3 is 24.4 Å². The lowest BCUT2D eigenvalue weighted by Gasteiger charge is -2.33. The number of nitrogens with zero attached hydrogens (tertiary/aromatic N) is 2. The third kappa shape index (κ3) is 8.19. The molecule has 0 bridgehead atoms. The van der Waals surface area contributed by atoms with E-state index in [0.29, 0.717) is 23.6 Å². The van der Waals surface area contributed by atoms with Crippen LogP contribution in [-0.4, -0.2) is 65.1 Å². The van der Waals surface area contributed by atoms with E-state index in [9.17, 15) is 18.0 Å². The number of benzene rings is 3. The average molecular weight is 612 g/mol. The average Bonchev–Trinajstić information content (AvgIpc) is 3.03. The Hall–Kier alpha value is -4.25. The number of anilines is 1.